The SMILES string of the molecule is Cc1noc(C)c1CN(C)C(=O)C(Cc1ccccc1)NC(=O)c1ccco1. The molecule has 0 saturated heterocycles. The molecule has 0 aliphatic rings. The Morgan fingerprint density at radius 2 is 1.89 bits per heavy atom. The lowest BCUT2D eigenvalue weighted by atomic mass is 10.0. The Kier molecular flexibility index (Phi) is 5.93. The van der Waals surface area contributed by atoms with E-state index in [0.717, 1.165) is 16.8 Å². The highest BCUT2D eigenvalue weighted by Crippen LogP contribution is 2.16. The average molecular weight is 381 g/mol. The van der Waals surface area contributed by atoms with Crippen molar-refractivity contribution < 1.29 is 18.5 Å². The van der Waals surface area contributed by atoms with Gasteiger partial charge in [-0.25, -0.2) is 0 Å². The minimum Gasteiger partial charge on any atom is -0.459 e. The molecule has 1 N–H and O–H groups in total. The van der Waals surface area contributed by atoms with Gasteiger partial charge < -0.3 is 19.2 Å². The average Bonchev–Trinajstić information content (AvgIpc) is 3.34. The summed E-state index contributed by atoms with van der Waals surface area (Å²) in [5.41, 5.74) is 2.56. The number of nitrogens with zero attached hydrogens (tertiary/aromatic N) is 2. The largest absolute Gasteiger partial charge is 0.459 e. The predicted molar refractivity (Wildman–Crippen MR) is 103 cm³/mol. The monoisotopic (exact) mass is 381 g/mol. The van der Waals surface area contributed by atoms with Crippen molar-refractivity contribution in [2.45, 2.75) is 32.9 Å². The summed E-state index contributed by atoms with van der Waals surface area (Å²) in [4.78, 5) is 27.2. The Labute approximate surface area is 163 Å². The lowest BCUT2D eigenvalue weighted by molar-refractivity contribution is -0.132. The van der Waals surface area contributed by atoms with Gasteiger partial charge >= 0.3 is 0 Å². The van der Waals surface area contributed by atoms with Crippen LogP contribution in [0.4, 0.5) is 0 Å². The van der Waals surface area contributed by atoms with E-state index in [0.29, 0.717) is 18.7 Å². The van der Waals surface area contributed by atoms with Gasteiger partial charge in [0, 0.05) is 19.0 Å². The van der Waals surface area contributed by atoms with Gasteiger partial charge in [0.2, 0.25) is 5.91 Å². The minimum absolute atomic E-state index is 0.166. The van der Waals surface area contributed by atoms with E-state index in [9.17, 15) is 9.59 Å². The summed E-state index contributed by atoms with van der Waals surface area (Å²) < 4.78 is 10.3. The molecule has 0 saturated carbocycles. The molecule has 1 unspecified atom stereocenters. The second-order valence-corrected chi connectivity index (χ2v) is 6.69. The van der Waals surface area contributed by atoms with Crippen molar-refractivity contribution in [2.75, 3.05) is 7.05 Å². The van der Waals surface area contributed by atoms with Crippen molar-refractivity contribution in [3.05, 3.63) is 77.1 Å². The number of amides is 2. The van der Waals surface area contributed by atoms with Crippen LogP contribution in [0.3, 0.4) is 0 Å². The Balaban J connectivity index is 1.78. The summed E-state index contributed by atoms with van der Waals surface area (Å²) in [5.74, 6) is 0.212. The smallest absolute Gasteiger partial charge is 0.287 e. The van der Waals surface area contributed by atoms with E-state index in [4.69, 9.17) is 8.94 Å². The Hall–Kier alpha value is -3.35. The first-order valence-electron chi connectivity index (χ1n) is 9.00. The lowest BCUT2D eigenvalue weighted by Gasteiger charge is -2.24. The van der Waals surface area contributed by atoms with E-state index >= 15 is 0 Å². The zero-order chi connectivity index (χ0) is 20.1. The van der Waals surface area contributed by atoms with Crippen LogP contribution in [0.2, 0.25) is 0 Å². The molecule has 0 aliphatic heterocycles. The third kappa shape index (κ3) is 4.49. The van der Waals surface area contributed by atoms with Crippen LogP contribution < -0.4 is 5.32 Å². The predicted octanol–water partition coefficient (Wildman–Crippen LogP) is 2.88. The second kappa shape index (κ2) is 8.56. The summed E-state index contributed by atoms with van der Waals surface area (Å²) >= 11 is 0. The van der Waals surface area contributed by atoms with Crippen molar-refractivity contribution in [3.8, 4) is 0 Å². The van der Waals surface area contributed by atoms with Gasteiger partial charge in [0.25, 0.3) is 5.91 Å². The number of furan rings is 1. The Morgan fingerprint density at radius 1 is 1.14 bits per heavy atom. The molecular weight excluding hydrogens is 358 g/mol. The minimum atomic E-state index is -0.731. The summed E-state index contributed by atoms with van der Waals surface area (Å²) in [6.45, 7) is 4.00. The molecule has 2 heterocycles. The molecule has 146 valence electrons. The van der Waals surface area contributed by atoms with E-state index in [-0.39, 0.29) is 11.7 Å². The Bertz CT molecular complexity index is 912. The number of aromatic nitrogens is 1. The summed E-state index contributed by atoms with van der Waals surface area (Å²) in [6.07, 6.45) is 1.80. The third-order valence-corrected chi connectivity index (χ3v) is 4.58. The topological polar surface area (TPSA) is 88.6 Å². The van der Waals surface area contributed by atoms with Gasteiger partial charge in [-0.3, -0.25) is 9.59 Å². The van der Waals surface area contributed by atoms with Crippen LogP contribution >= 0.6 is 0 Å². The number of hydrogen-bond donors (Lipinski definition) is 1. The highest BCUT2D eigenvalue weighted by Gasteiger charge is 2.27. The van der Waals surface area contributed by atoms with E-state index in [1.807, 2.05) is 44.2 Å². The molecule has 28 heavy (non-hydrogen) atoms. The molecule has 3 aromatic rings. The van der Waals surface area contributed by atoms with Crippen LogP contribution in [0.5, 0.6) is 0 Å². The maximum absolute atomic E-state index is 13.1. The van der Waals surface area contributed by atoms with Crippen LogP contribution in [0.15, 0.2) is 57.7 Å². The molecule has 0 bridgehead atoms. The highest BCUT2D eigenvalue weighted by molar-refractivity contribution is 5.95. The lowest BCUT2D eigenvalue weighted by Crippen LogP contribution is -2.48. The van der Waals surface area contributed by atoms with Crippen molar-refractivity contribution in [1.82, 2.24) is 15.4 Å². The van der Waals surface area contributed by atoms with Crippen LogP contribution in [0, 0.1) is 13.8 Å². The molecule has 1 aromatic carbocycles. The third-order valence-electron chi connectivity index (χ3n) is 4.58. The van der Waals surface area contributed by atoms with Gasteiger partial charge in [-0.15, -0.1) is 0 Å². The number of rotatable bonds is 7. The first-order chi connectivity index (χ1) is 13.5. The molecule has 3 rings (SSSR count). The molecule has 0 aliphatic carbocycles. The van der Waals surface area contributed by atoms with E-state index < -0.39 is 11.9 Å². The molecule has 1 atom stereocenters. The van der Waals surface area contributed by atoms with Crippen molar-refractivity contribution >= 4 is 11.8 Å². The summed E-state index contributed by atoms with van der Waals surface area (Å²) in [5, 5.41) is 6.72. The fourth-order valence-corrected chi connectivity index (χ4v) is 3.00. The van der Waals surface area contributed by atoms with Crippen LogP contribution in [0.25, 0.3) is 0 Å². The maximum Gasteiger partial charge on any atom is 0.287 e. The zero-order valence-electron chi connectivity index (χ0n) is 16.1. The molecule has 0 radical (unpaired) electrons. The zero-order valence-corrected chi connectivity index (χ0v) is 16.1. The fourth-order valence-electron chi connectivity index (χ4n) is 3.00. The normalized spacial score (nSPS) is 11.8. The quantitative estimate of drug-likeness (QED) is 0.680. The number of nitrogens with one attached hydrogen (secondary N) is 1. The number of carbonyl (C=O) groups excluding carboxylic acids is 2. The molecule has 0 spiro atoms. The van der Waals surface area contributed by atoms with Gasteiger partial charge in [-0.2, -0.15) is 0 Å². The molecule has 2 amide bonds. The maximum atomic E-state index is 13.1. The highest BCUT2D eigenvalue weighted by atomic mass is 16.5. The fraction of sp³-hybridized carbons (Fsp3) is 0.286. The first kappa shape index (κ1) is 19.4. The van der Waals surface area contributed by atoms with Crippen molar-refractivity contribution in [2.24, 2.45) is 0 Å². The second-order valence-electron chi connectivity index (χ2n) is 6.69. The number of carbonyl (C=O) groups is 2. The molecular formula is C21H23N3O4. The van der Waals surface area contributed by atoms with Gasteiger partial charge in [0.1, 0.15) is 11.8 Å². The molecule has 7 heteroatoms. The first-order valence-corrected chi connectivity index (χ1v) is 9.00. The Morgan fingerprint density at radius 3 is 2.50 bits per heavy atom. The van der Waals surface area contributed by atoms with E-state index in [2.05, 4.69) is 10.5 Å². The van der Waals surface area contributed by atoms with E-state index in [1.54, 1.807) is 24.1 Å². The van der Waals surface area contributed by atoms with Crippen LogP contribution in [-0.2, 0) is 17.8 Å². The van der Waals surface area contributed by atoms with Crippen molar-refractivity contribution in [1.29, 1.82) is 0 Å². The number of aryl methyl sites for hydroxylation is 2. The van der Waals surface area contributed by atoms with Gasteiger partial charge in [-0.05, 0) is 31.5 Å². The van der Waals surface area contributed by atoms with Crippen LogP contribution in [0.1, 0.15) is 33.1 Å². The number of hydrogen-bond acceptors (Lipinski definition) is 5. The number of benzene rings is 1. The van der Waals surface area contributed by atoms with Gasteiger partial charge in [-0.1, -0.05) is 35.5 Å². The molecule has 2 aromatic heterocycles. The summed E-state index contributed by atoms with van der Waals surface area (Å²) in [7, 11) is 1.70. The van der Waals surface area contributed by atoms with E-state index in [1.165, 1.54) is 6.26 Å². The van der Waals surface area contributed by atoms with Crippen LogP contribution in [-0.4, -0.2) is 35.0 Å². The van der Waals surface area contributed by atoms with Gasteiger partial charge in [0.05, 0.1) is 18.5 Å². The summed E-state index contributed by atoms with van der Waals surface area (Å²) in [6, 6.07) is 12.0. The van der Waals surface area contributed by atoms with Crippen molar-refractivity contribution in [3.63, 3.8) is 0 Å². The molecule has 7 nitrogen and oxygen atoms in total. The van der Waals surface area contributed by atoms with Gasteiger partial charge in [0.15, 0.2) is 5.76 Å². The molecule has 0 fully saturated rings. The standard InChI is InChI=1S/C21H23N3O4/c1-14-17(15(2)28-23-14)13-24(3)21(26)18(12-16-8-5-4-6-9-16)22-20(25)19-10-7-11-27-19/h4-11,18H,12-13H2,1-3H3,(H,22,25). The number of likely N-dealkylation sites (N-methyl/N-ethyl adjacent to an activating group) is 1.